The van der Waals surface area contributed by atoms with Crippen molar-refractivity contribution >= 4 is 10.9 Å². The third kappa shape index (κ3) is 1.74. The Morgan fingerprint density at radius 2 is 2.00 bits per heavy atom. The first kappa shape index (κ1) is 11.7. The fourth-order valence-corrected chi connectivity index (χ4v) is 2.98. The zero-order chi connectivity index (χ0) is 13.5. The van der Waals surface area contributed by atoms with Gasteiger partial charge in [0.2, 0.25) is 0 Å². The van der Waals surface area contributed by atoms with Crippen LogP contribution in [0.4, 0.5) is 4.39 Å². The molecule has 3 heteroatoms. The zero-order valence-corrected chi connectivity index (χ0v) is 10.9. The van der Waals surface area contributed by atoms with Gasteiger partial charge in [0.15, 0.2) is 0 Å². The van der Waals surface area contributed by atoms with E-state index in [1.165, 1.54) is 17.2 Å². The highest BCUT2D eigenvalue weighted by Gasteiger charge is 2.24. The van der Waals surface area contributed by atoms with E-state index in [1.807, 2.05) is 12.3 Å². The molecule has 1 aliphatic heterocycles. The van der Waals surface area contributed by atoms with E-state index in [2.05, 4.69) is 23.2 Å². The van der Waals surface area contributed by atoms with E-state index in [0.29, 0.717) is 6.61 Å². The van der Waals surface area contributed by atoms with Crippen molar-refractivity contribution in [3.8, 4) is 0 Å². The largest absolute Gasteiger partial charge is 0.368 e. The van der Waals surface area contributed by atoms with Crippen LogP contribution in [0.3, 0.4) is 0 Å². The fraction of sp³-hybridized carbons (Fsp3) is 0.176. The average molecular weight is 267 g/mol. The molecule has 0 saturated heterocycles. The Hall–Kier alpha value is -2.13. The Morgan fingerprint density at radius 1 is 1.10 bits per heavy atom. The number of hydrogen-bond donors (Lipinski definition) is 1. The molecule has 1 N–H and O–H groups in total. The third-order valence-corrected chi connectivity index (χ3v) is 3.95. The van der Waals surface area contributed by atoms with Crippen molar-refractivity contribution < 1.29 is 9.13 Å². The van der Waals surface area contributed by atoms with Crippen LogP contribution in [-0.4, -0.2) is 11.6 Å². The number of nitrogens with one attached hydrogen (secondary N) is 1. The van der Waals surface area contributed by atoms with E-state index in [0.717, 1.165) is 22.9 Å². The summed E-state index contributed by atoms with van der Waals surface area (Å²) >= 11 is 0. The second kappa shape index (κ2) is 4.46. The molecule has 2 aromatic carbocycles. The minimum absolute atomic E-state index is 0.115. The molecule has 1 atom stereocenters. The topological polar surface area (TPSA) is 25.0 Å². The maximum absolute atomic E-state index is 13.5. The molecule has 0 amide bonds. The van der Waals surface area contributed by atoms with E-state index >= 15 is 0 Å². The molecule has 3 aromatic rings. The van der Waals surface area contributed by atoms with Gasteiger partial charge in [-0.2, -0.15) is 0 Å². The van der Waals surface area contributed by atoms with Gasteiger partial charge in [-0.15, -0.1) is 0 Å². The molecule has 0 spiro atoms. The van der Waals surface area contributed by atoms with Gasteiger partial charge in [0.05, 0.1) is 6.61 Å². The minimum atomic E-state index is -0.220. The van der Waals surface area contributed by atoms with Crippen LogP contribution in [0.2, 0.25) is 0 Å². The highest BCUT2D eigenvalue weighted by Crippen LogP contribution is 2.36. The third-order valence-electron chi connectivity index (χ3n) is 3.95. The van der Waals surface area contributed by atoms with Crippen molar-refractivity contribution in [2.24, 2.45) is 0 Å². The van der Waals surface area contributed by atoms with Gasteiger partial charge in [-0.3, -0.25) is 0 Å². The molecule has 1 aromatic heterocycles. The van der Waals surface area contributed by atoms with Gasteiger partial charge >= 0.3 is 0 Å². The summed E-state index contributed by atoms with van der Waals surface area (Å²) in [7, 11) is 0. The van der Waals surface area contributed by atoms with Crippen molar-refractivity contribution in [3.63, 3.8) is 0 Å². The standard InChI is InChI=1S/C17H14FNO/c18-12-5-6-16-14(9-12)15(10-19-16)17-13-4-2-1-3-11(13)7-8-20-17/h1-6,9-10,17,19H,7-8H2. The number of ether oxygens (including phenoxy) is 1. The van der Waals surface area contributed by atoms with Crippen molar-refractivity contribution in [2.45, 2.75) is 12.5 Å². The highest BCUT2D eigenvalue weighted by molar-refractivity contribution is 5.84. The summed E-state index contributed by atoms with van der Waals surface area (Å²) in [6, 6.07) is 13.1. The monoisotopic (exact) mass is 267 g/mol. The van der Waals surface area contributed by atoms with Crippen molar-refractivity contribution in [1.29, 1.82) is 0 Å². The summed E-state index contributed by atoms with van der Waals surface area (Å²) in [5.74, 6) is -0.220. The molecule has 2 nitrogen and oxygen atoms in total. The van der Waals surface area contributed by atoms with Crippen LogP contribution in [0.1, 0.15) is 22.8 Å². The summed E-state index contributed by atoms with van der Waals surface area (Å²) in [4.78, 5) is 3.20. The lowest BCUT2D eigenvalue weighted by Crippen LogP contribution is -2.16. The highest BCUT2D eigenvalue weighted by atomic mass is 19.1. The molecular formula is C17H14FNO. The second-order valence-corrected chi connectivity index (χ2v) is 5.13. The molecule has 2 heterocycles. The van der Waals surface area contributed by atoms with Crippen LogP contribution in [-0.2, 0) is 11.2 Å². The molecule has 0 radical (unpaired) electrons. The first-order valence-corrected chi connectivity index (χ1v) is 6.79. The van der Waals surface area contributed by atoms with Crippen molar-refractivity contribution in [3.05, 3.63) is 71.2 Å². The molecular weight excluding hydrogens is 253 g/mol. The Balaban J connectivity index is 1.90. The number of H-pyrrole nitrogens is 1. The molecule has 20 heavy (non-hydrogen) atoms. The summed E-state index contributed by atoms with van der Waals surface area (Å²) in [5.41, 5.74) is 4.44. The SMILES string of the molecule is Fc1ccc2[nH]cc(C3OCCc4ccccc43)c2c1. The lowest BCUT2D eigenvalue weighted by Gasteiger charge is -2.25. The minimum Gasteiger partial charge on any atom is -0.368 e. The van der Waals surface area contributed by atoms with Gasteiger partial charge in [0.1, 0.15) is 11.9 Å². The lowest BCUT2D eigenvalue weighted by atomic mass is 9.93. The van der Waals surface area contributed by atoms with Crippen LogP contribution in [0.15, 0.2) is 48.7 Å². The molecule has 0 fully saturated rings. The lowest BCUT2D eigenvalue weighted by molar-refractivity contribution is 0.0708. The molecule has 100 valence electrons. The average Bonchev–Trinajstić information content (AvgIpc) is 2.89. The predicted octanol–water partition coefficient (Wildman–Crippen LogP) is 3.97. The van der Waals surface area contributed by atoms with Gasteiger partial charge in [-0.1, -0.05) is 24.3 Å². The van der Waals surface area contributed by atoms with Crippen molar-refractivity contribution in [2.75, 3.05) is 6.61 Å². The van der Waals surface area contributed by atoms with Crippen LogP contribution in [0.5, 0.6) is 0 Å². The number of benzene rings is 2. The van der Waals surface area contributed by atoms with E-state index in [1.54, 1.807) is 12.1 Å². The number of hydrogen-bond acceptors (Lipinski definition) is 1. The van der Waals surface area contributed by atoms with Crippen LogP contribution in [0, 0.1) is 5.82 Å². The first-order valence-electron chi connectivity index (χ1n) is 6.79. The maximum Gasteiger partial charge on any atom is 0.123 e. The summed E-state index contributed by atoms with van der Waals surface area (Å²) in [6.45, 7) is 0.698. The molecule has 0 saturated carbocycles. The van der Waals surface area contributed by atoms with E-state index in [-0.39, 0.29) is 11.9 Å². The van der Waals surface area contributed by atoms with Crippen molar-refractivity contribution in [1.82, 2.24) is 4.98 Å². The van der Waals surface area contributed by atoms with Gasteiger partial charge in [0.25, 0.3) is 0 Å². The zero-order valence-electron chi connectivity index (χ0n) is 10.9. The molecule has 1 aliphatic rings. The van der Waals surface area contributed by atoms with Gasteiger partial charge in [0, 0.05) is 22.7 Å². The quantitative estimate of drug-likeness (QED) is 0.709. The maximum atomic E-state index is 13.5. The Kier molecular flexibility index (Phi) is 2.60. The summed E-state index contributed by atoms with van der Waals surface area (Å²) < 4.78 is 19.5. The first-order chi connectivity index (χ1) is 9.83. The molecule has 1 unspecified atom stereocenters. The van der Waals surface area contributed by atoms with E-state index < -0.39 is 0 Å². The number of fused-ring (bicyclic) bond motifs is 2. The van der Waals surface area contributed by atoms with Crippen LogP contribution in [0.25, 0.3) is 10.9 Å². The van der Waals surface area contributed by atoms with E-state index in [4.69, 9.17) is 4.74 Å². The number of halogens is 1. The fourth-order valence-electron chi connectivity index (χ4n) is 2.98. The molecule has 0 bridgehead atoms. The Morgan fingerprint density at radius 3 is 2.95 bits per heavy atom. The number of aromatic amines is 1. The van der Waals surface area contributed by atoms with Crippen LogP contribution < -0.4 is 0 Å². The second-order valence-electron chi connectivity index (χ2n) is 5.13. The predicted molar refractivity (Wildman–Crippen MR) is 76.2 cm³/mol. The summed E-state index contributed by atoms with van der Waals surface area (Å²) in [6.07, 6.45) is 2.75. The normalized spacial score (nSPS) is 18.1. The van der Waals surface area contributed by atoms with Crippen LogP contribution >= 0.6 is 0 Å². The van der Waals surface area contributed by atoms with E-state index in [9.17, 15) is 4.39 Å². The Bertz CT molecular complexity index is 778. The van der Waals surface area contributed by atoms with Gasteiger partial charge in [-0.25, -0.2) is 4.39 Å². The summed E-state index contributed by atoms with van der Waals surface area (Å²) in [5, 5.41) is 0.895. The number of rotatable bonds is 1. The van der Waals surface area contributed by atoms with Gasteiger partial charge < -0.3 is 9.72 Å². The smallest absolute Gasteiger partial charge is 0.123 e. The van der Waals surface area contributed by atoms with Gasteiger partial charge in [-0.05, 0) is 35.7 Å². The Labute approximate surface area is 116 Å². The molecule has 4 rings (SSSR count). The molecule has 0 aliphatic carbocycles. The number of aromatic nitrogens is 1.